The van der Waals surface area contributed by atoms with Gasteiger partial charge in [-0.3, -0.25) is 0 Å². The highest BCUT2D eigenvalue weighted by Gasteiger charge is 2.20. The fourth-order valence-electron chi connectivity index (χ4n) is 1.92. The Morgan fingerprint density at radius 3 is 3.07 bits per heavy atom. The molecule has 0 amide bonds. The van der Waals surface area contributed by atoms with Crippen molar-refractivity contribution >= 4 is 23.4 Å². The summed E-state index contributed by atoms with van der Waals surface area (Å²) in [6, 6.07) is 3.23. The molecule has 1 N–H and O–H groups in total. The molecule has 1 aliphatic rings. The van der Waals surface area contributed by atoms with Crippen molar-refractivity contribution in [1.82, 2.24) is 5.32 Å². The SMILES string of the molecule is CNC1CCSCc2c(Cl)cc(F)cc21. The van der Waals surface area contributed by atoms with E-state index >= 15 is 0 Å². The zero-order valence-corrected chi connectivity index (χ0v) is 10.1. The zero-order chi connectivity index (χ0) is 10.8. The van der Waals surface area contributed by atoms with E-state index in [0.717, 1.165) is 29.1 Å². The van der Waals surface area contributed by atoms with Crippen molar-refractivity contribution in [2.24, 2.45) is 0 Å². The van der Waals surface area contributed by atoms with Crippen LogP contribution in [0.3, 0.4) is 0 Å². The van der Waals surface area contributed by atoms with Crippen LogP contribution in [0.15, 0.2) is 12.1 Å². The number of benzene rings is 1. The molecule has 1 aromatic rings. The van der Waals surface area contributed by atoms with Gasteiger partial charge in [0.25, 0.3) is 0 Å². The summed E-state index contributed by atoms with van der Waals surface area (Å²) in [6.45, 7) is 0. The molecule has 1 heterocycles. The Labute approximate surface area is 98.4 Å². The third-order valence-corrected chi connectivity index (χ3v) is 4.07. The Morgan fingerprint density at radius 2 is 2.33 bits per heavy atom. The standard InChI is InChI=1S/C11H13ClFNS/c1-14-11-2-3-15-6-9-8(11)4-7(13)5-10(9)12/h4-5,11,14H,2-3,6H2,1H3. The van der Waals surface area contributed by atoms with Crippen LogP contribution in [-0.4, -0.2) is 12.8 Å². The average Bonchev–Trinajstić information content (AvgIpc) is 2.39. The number of nitrogens with one attached hydrogen (secondary N) is 1. The molecule has 0 radical (unpaired) electrons. The van der Waals surface area contributed by atoms with Crippen LogP contribution in [0.5, 0.6) is 0 Å². The molecule has 0 saturated heterocycles. The van der Waals surface area contributed by atoms with Gasteiger partial charge in [-0.1, -0.05) is 11.6 Å². The molecule has 0 saturated carbocycles. The summed E-state index contributed by atoms with van der Waals surface area (Å²) in [5.41, 5.74) is 2.10. The van der Waals surface area contributed by atoms with E-state index in [4.69, 9.17) is 11.6 Å². The topological polar surface area (TPSA) is 12.0 Å². The van der Waals surface area contributed by atoms with Gasteiger partial charge in [0.2, 0.25) is 0 Å². The second-order valence-corrected chi connectivity index (χ2v) is 5.15. The van der Waals surface area contributed by atoms with Crippen LogP contribution in [0.25, 0.3) is 0 Å². The summed E-state index contributed by atoms with van der Waals surface area (Å²) in [7, 11) is 1.91. The van der Waals surface area contributed by atoms with E-state index < -0.39 is 0 Å². The molecule has 1 unspecified atom stereocenters. The van der Waals surface area contributed by atoms with Crippen molar-refractivity contribution in [1.29, 1.82) is 0 Å². The smallest absolute Gasteiger partial charge is 0.125 e. The van der Waals surface area contributed by atoms with Crippen LogP contribution >= 0.6 is 23.4 Å². The molecule has 1 aromatic carbocycles. The number of hydrogen-bond acceptors (Lipinski definition) is 2. The molecule has 15 heavy (non-hydrogen) atoms. The van der Waals surface area contributed by atoms with Gasteiger partial charge < -0.3 is 5.32 Å². The summed E-state index contributed by atoms with van der Waals surface area (Å²) in [6.07, 6.45) is 1.02. The van der Waals surface area contributed by atoms with Gasteiger partial charge in [-0.15, -0.1) is 0 Å². The monoisotopic (exact) mass is 245 g/mol. The predicted octanol–water partition coefficient (Wildman–Crippen LogP) is 3.38. The van der Waals surface area contributed by atoms with E-state index in [-0.39, 0.29) is 11.9 Å². The molecular formula is C11H13ClFNS. The summed E-state index contributed by atoms with van der Waals surface area (Å²) in [4.78, 5) is 0. The first kappa shape index (κ1) is 11.2. The molecular weight excluding hydrogens is 233 g/mol. The first-order valence-electron chi connectivity index (χ1n) is 4.95. The van der Waals surface area contributed by atoms with Gasteiger partial charge in [-0.2, -0.15) is 11.8 Å². The quantitative estimate of drug-likeness (QED) is 0.814. The van der Waals surface area contributed by atoms with Crippen molar-refractivity contribution in [3.8, 4) is 0 Å². The fraction of sp³-hybridized carbons (Fsp3) is 0.455. The molecule has 1 atom stereocenters. The summed E-state index contributed by atoms with van der Waals surface area (Å²) >= 11 is 7.91. The van der Waals surface area contributed by atoms with E-state index in [2.05, 4.69) is 5.32 Å². The number of hydrogen-bond donors (Lipinski definition) is 1. The van der Waals surface area contributed by atoms with Crippen LogP contribution in [0.2, 0.25) is 5.02 Å². The van der Waals surface area contributed by atoms with Gasteiger partial charge in [-0.05, 0) is 42.5 Å². The van der Waals surface area contributed by atoms with E-state index in [9.17, 15) is 4.39 Å². The third kappa shape index (κ3) is 2.30. The fourth-order valence-corrected chi connectivity index (χ4v) is 3.35. The van der Waals surface area contributed by atoms with Crippen molar-refractivity contribution in [2.75, 3.05) is 12.8 Å². The second kappa shape index (κ2) is 4.73. The van der Waals surface area contributed by atoms with Crippen LogP contribution in [0.4, 0.5) is 4.39 Å². The Hall–Kier alpha value is -0.250. The molecule has 0 aromatic heterocycles. The molecule has 0 spiro atoms. The van der Waals surface area contributed by atoms with E-state index in [1.54, 1.807) is 6.07 Å². The van der Waals surface area contributed by atoms with Crippen LogP contribution < -0.4 is 5.32 Å². The molecule has 0 bridgehead atoms. The Kier molecular flexibility index (Phi) is 3.54. The highest BCUT2D eigenvalue weighted by Crippen LogP contribution is 2.35. The summed E-state index contributed by atoms with van der Waals surface area (Å²) in [5.74, 6) is 1.72. The predicted molar refractivity (Wildman–Crippen MR) is 64.0 cm³/mol. The van der Waals surface area contributed by atoms with Crippen LogP contribution in [0, 0.1) is 5.82 Å². The molecule has 1 aliphatic heterocycles. The van der Waals surface area contributed by atoms with Gasteiger partial charge in [0.05, 0.1) is 0 Å². The van der Waals surface area contributed by atoms with Gasteiger partial charge in [-0.25, -0.2) is 4.39 Å². The maximum atomic E-state index is 13.3. The van der Waals surface area contributed by atoms with Gasteiger partial charge in [0.1, 0.15) is 5.82 Å². The highest BCUT2D eigenvalue weighted by atomic mass is 35.5. The largest absolute Gasteiger partial charge is 0.313 e. The average molecular weight is 246 g/mol. The summed E-state index contributed by atoms with van der Waals surface area (Å²) in [5, 5.41) is 3.77. The van der Waals surface area contributed by atoms with Crippen LogP contribution in [0.1, 0.15) is 23.6 Å². The second-order valence-electron chi connectivity index (χ2n) is 3.64. The zero-order valence-electron chi connectivity index (χ0n) is 8.52. The van der Waals surface area contributed by atoms with Gasteiger partial charge in [0, 0.05) is 16.8 Å². The van der Waals surface area contributed by atoms with Crippen molar-refractivity contribution in [3.63, 3.8) is 0 Å². The van der Waals surface area contributed by atoms with Gasteiger partial charge in [0.15, 0.2) is 0 Å². The number of halogens is 2. The minimum Gasteiger partial charge on any atom is -0.313 e. The van der Waals surface area contributed by atoms with E-state index in [0.29, 0.717) is 5.02 Å². The summed E-state index contributed by atoms with van der Waals surface area (Å²) < 4.78 is 13.3. The number of fused-ring (bicyclic) bond motifs is 1. The van der Waals surface area contributed by atoms with Crippen molar-refractivity contribution in [3.05, 3.63) is 34.1 Å². The van der Waals surface area contributed by atoms with Crippen molar-refractivity contribution < 1.29 is 4.39 Å². The third-order valence-electron chi connectivity index (χ3n) is 2.72. The molecule has 0 fully saturated rings. The van der Waals surface area contributed by atoms with Gasteiger partial charge >= 0.3 is 0 Å². The molecule has 4 heteroatoms. The first-order valence-corrected chi connectivity index (χ1v) is 6.48. The lowest BCUT2D eigenvalue weighted by Gasteiger charge is -2.17. The Morgan fingerprint density at radius 1 is 1.53 bits per heavy atom. The van der Waals surface area contributed by atoms with Crippen LogP contribution in [-0.2, 0) is 5.75 Å². The maximum Gasteiger partial charge on any atom is 0.125 e. The minimum atomic E-state index is -0.245. The Balaban J connectivity index is 2.50. The minimum absolute atomic E-state index is 0.225. The lowest BCUT2D eigenvalue weighted by atomic mass is 9.99. The number of thioether (sulfide) groups is 1. The lowest BCUT2D eigenvalue weighted by Crippen LogP contribution is -2.17. The van der Waals surface area contributed by atoms with E-state index in [1.807, 2.05) is 18.8 Å². The van der Waals surface area contributed by atoms with E-state index in [1.165, 1.54) is 6.07 Å². The highest BCUT2D eigenvalue weighted by molar-refractivity contribution is 7.98. The Bertz CT molecular complexity index is 370. The molecule has 1 nitrogen and oxygen atoms in total. The lowest BCUT2D eigenvalue weighted by molar-refractivity contribution is 0.568. The molecule has 0 aliphatic carbocycles. The molecule has 2 rings (SSSR count). The first-order chi connectivity index (χ1) is 7.22. The molecule has 82 valence electrons. The number of rotatable bonds is 1. The maximum absolute atomic E-state index is 13.3. The van der Waals surface area contributed by atoms with Crippen molar-refractivity contribution in [2.45, 2.75) is 18.2 Å². The normalized spacial score (nSPS) is 20.9.